The third kappa shape index (κ3) is 2.65. The van der Waals surface area contributed by atoms with Gasteiger partial charge >= 0.3 is 5.97 Å². The minimum atomic E-state index is -0.894. The molecule has 0 amide bonds. The van der Waals surface area contributed by atoms with Crippen LogP contribution < -0.4 is 0 Å². The van der Waals surface area contributed by atoms with Crippen molar-refractivity contribution in [2.45, 2.75) is 65.4 Å². The fourth-order valence-corrected chi connectivity index (χ4v) is 2.95. The minimum Gasteiger partial charge on any atom is -0.466 e. The zero-order valence-electron chi connectivity index (χ0n) is 11.6. The monoisotopic (exact) mass is 242 g/mol. The first-order valence-electron chi connectivity index (χ1n) is 6.78. The van der Waals surface area contributed by atoms with Crippen molar-refractivity contribution in [1.82, 2.24) is 0 Å². The Morgan fingerprint density at radius 3 is 2.59 bits per heavy atom. The van der Waals surface area contributed by atoms with Crippen LogP contribution in [0.3, 0.4) is 0 Å². The fourth-order valence-electron chi connectivity index (χ4n) is 2.95. The summed E-state index contributed by atoms with van der Waals surface area (Å²) in [6.45, 7) is 8.41. The maximum atomic E-state index is 11.9. The van der Waals surface area contributed by atoms with Gasteiger partial charge in [-0.1, -0.05) is 33.6 Å². The summed E-state index contributed by atoms with van der Waals surface area (Å²) in [7, 11) is 0. The lowest BCUT2D eigenvalue weighted by Crippen LogP contribution is -2.48. The zero-order chi connectivity index (χ0) is 13.1. The lowest BCUT2D eigenvalue weighted by atomic mass is 9.71. The summed E-state index contributed by atoms with van der Waals surface area (Å²) >= 11 is 0. The Labute approximate surface area is 105 Å². The van der Waals surface area contributed by atoms with Gasteiger partial charge in [0.1, 0.15) is 0 Å². The summed E-state index contributed by atoms with van der Waals surface area (Å²) in [6, 6.07) is 0. The SMILES string of the molecule is CCCC[C@]1(O)[C@@H](C(=O)OCC)CCC1(C)C. The van der Waals surface area contributed by atoms with Crippen molar-refractivity contribution in [3.05, 3.63) is 0 Å². The summed E-state index contributed by atoms with van der Waals surface area (Å²) in [6.07, 6.45) is 4.31. The summed E-state index contributed by atoms with van der Waals surface area (Å²) in [5, 5.41) is 10.9. The molecule has 17 heavy (non-hydrogen) atoms. The predicted octanol–water partition coefficient (Wildman–Crippen LogP) is 2.91. The molecule has 100 valence electrons. The van der Waals surface area contributed by atoms with Crippen LogP contribution in [0.5, 0.6) is 0 Å². The van der Waals surface area contributed by atoms with Crippen molar-refractivity contribution in [1.29, 1.82) is 0 Å². The lowest BCUT2D eigenvalue weighted by molar-refractivity contribution is -0.163. The van der Waals surface area contributed by atoms with Crippen molar-refractivity contribution in [2.24, 2.45) is 11.3 Å². The highest BCUT2D eigenvalue weighted by Crippen LogP contribution is 2.52. The van der Waals surface area contributed by atoms with Crippen LogP contribution in [-0.4, -0.2) is 23.3 Å². The molecular weight excluding hydrogens is 216 g/mol. The third-order valence-electron chi connectivity index (χ3n) is 4.29. The molecule has 1 N–H and O–H groups in total. The van der Waals surface area contributed by atoms with Gasteiger partial charge in [0, 0.05) is 0 Å². The molecule has 0 unspecified atom stereocenters. The van der Waals surface area contributed by atoms with Crippen LogP contribution in [-0.2, 0) is 9.53 Å². The van der Waals surface area contributed by atoms with Gasteiger partial charge in [0.15, 0.2) is 0 Å². The van der Waals surface area contributed by atoms with E-state index in [0.29, 0.717) is 13.0 Å². The molecule has 2 atom stereocenters. The van der Waals surface area contributed by atoms with E-state index in [4.69, 9.17) is 4.74 Å². The van der Waals surface area contributed by atoms with Gasteiger partial charge in [-0.25, -0.2) is 0 Å². The van der Waals surface area contributed by atoms with E-state index in [1.165, 1.54) is 0 Å². The number of hydrogen-bond donors (Lipinski definition) is 1. The predicted molar refractivity (Wildman–Crippen MR) is 67.6 cm³/mol. The maximum absolute atomic E-state index is 11.9. The normalized spacial score (nSPS) is 31.5. The van der Waals surface area contributed by atoms with Gasteiger partial charge in [0.25, 0.3) is 0 Å². The first-order chi connectivity index (χ1) is 7.89. The maximum Gasteiger partial charge on any atom is 0.311 e. The second-order valence-corrected chi connectivity index (χ2v) is 5.76. The molecule has 0 heterocycles. The number of rotatable bonds is 5. The molecule has 0 aromatic carbocycles. The average molecular weight is 242 g/mol. The standard InChI is InChI=1S/C14H26O3/c1-5-7-9-14(16)11(12(15)17-6-2)8-10-13(14,3)4/h11,16H,5-10H2,1-4H3/t11-,14+/m1/s1. The third-order valence-corrected chi connectivity index (χ3v) is 4.29. The number of unbranched alkanes of at least 4 members (excludes halogenated alkanes) is 1. The summed E-state index contributed by atoms with van der Waals surface area (Å²) < 4.78 is 5.10. The Kier molecular flexibility index (Phi) is 4.59. The molecule has 3 nitrogen and oxygen atoms in total. The number of hydrogen-bond acceptors (Lipinski definition) is 3. The Morgan fingerprint density at radius 1 is 1.41 bits per heavy atom. The minimum absolute atomic E-state index is 0.195. The summed E-state index contributed by atoms with van der Waals surface area (Å²) in [5.41, 5.74) is -1.09. The highest BCUT2D eigenvalue weighted by Gasteiger charge is 2.56. The fraction of sp³-hybridized carbons (Fsp3) is 0.929. The number of aliphatic hydroxyl groups is 1. The smallest absolute Gasteiger partial charge is 0.311 e. The van der Waals surface area contributed by atoms with Crippen LogP contribution in [0.15, 0.2) is 0 Å². The van der Waals surface area contributed by atoms with E-state index in [-0.39, 0.29) is 17.3 Å². The van der Waals surface area contributed by atoms with Crippen LogP contribution in [0.25, 0.3) is 0 Å². The van der Waals surface area contributed by atoms with Crippen LogP contribution in [0.2, 0.25) is 0 Å². The van der Waals surface area contributed by atoms with Crippen molar-refractivity contribution >= 4 is 5.97 Å². The Balaban J connectivity index is 2.86. The highest BCUT2D eigenvalue weighted by molar-refractivity contribution is 5.74. The van der Waals surface area contributed by atoms with Crippen LogP contribution in [0.4, 0.5) is 0 Å². The van der Waals surface area contributed by atoms with E-state index >= 15 is 0 Å². The zero-order valence-corrected chi connectivity index (χ0v) is 11.6. The second-order valence-electron chi connectivity index (χ2n) is 5.76. The van der Waals surface area contributed by atoms with Crippen molar-refractivity contribution in [2.75, 3.05) is 6.61 Å². The molecule has 0 saturated heterocycles. The molecule has 0 radical (unpaired) electrons. The molecule has 0 aromatic heterocycles. The molecule has 0 spiro atoms. The van der Waals surface area contributed by atoms with E-state index in [9.17, 15) is 9.90 Å². The quantitative estimate of drug-likeness (QED) is 0.754. The number of ether oxygens (including phenoxy) is 1. The molecule has 1 fully saturated rings. The highest BCUT2D eigenvalue weighted by atomic mass is 16.5. The van der Waals surface area contributed by atoms with Crippen LogP contribution >= 0.6 is 0 Å². The second kappa shape index (κ2) is 5.38. The molecular formula is C14H26O3. The lowest BCUT2D eigenvalue weighted by Gasteiger charge is -2.40. The van der Waals surface area contributed by atoms with Gasteiger partial charge in [-0.15, -0.1) is 0 Å². The van der Waals surface area contributed by atoms with Gasteiger partial charge in [-0.3, -0.25) is 4.79 Å². The molecule has 1 saturated carbocycles. The molecule has 1 rings (SSSR count). The largest absolute Gasteiger partial charge is 0.466 e. The number of esters is 1. The molecule has 1 aliphatic carbocycles. The molecule has 0 aromatic rings. The van der Waals surface area contributed by atoms with Crippen molar-refractivity contribution in [3.8, 4) is 0 Å². The molecule has 0 aliphatic heterocycles. The van der Waals surface area contributed by atoms with E-state index < -0.39 is 5.60 Å². The van der Waals surface area contributed by atoms with Crippen LogP contribution in [0.1, 0.15) is 59.8 Å². The Morgan fingerprint density at radius 2 is 2.06 bits per heavy atom. The molecule has 0 bridgehead atoms. The molecule has 3 heteroatoms. The number of carbonyl (C=O) groups excluding carboxylic acids is 1. The van der Waals surface area contributed by atoms with E-state index in [1.807, 2.05) is 6.92 Å². The van der Waals surface area contributed by atoms with Gasteiger partial charge in [0.2, 0.25) is 0 Å². The van der Waals surface area contributed by atoms with Gasteiger partial charge < -0.3 is 9.84 Å². The Hall–Kier alpha value is -0.570. The van der Waals surface area contributed by atoms with E-state index in [2.05, 4.69) is 20.8 Å². The van der Waals surface area contributed by atoms with Crippen molar-refractivity contribution in [3.63, 3.8) is 0 Å². The Bertz CT molecular complexity index is 273. The first-order valence-corrected chi connectivity index (χ1v) is 6.78. The van der Waals surface area contributed by atoms with E-state index in [0.717, 1.165) is 25.7 Å². The molecule has 1 aliphatic rings. The van der Waals surface area contributed by atoms with Crippen LogP contribution in [0, 0.1) is 11.3 Å². The van der Waals surface area contributed by atoms with Crippen molar-refractivity contribution < 1.29 is 14.6 Å². The average Bonchev–Trinajstić information content (AvgIpc) is 2.48. The summed E-state index contributed by atoms with van der Waals surface area (Å²) in [5.74, 6) is -0.569. The number of carbonyl (C=O) groups is 1. The van der Waals surface area contributed by atoms with E-state index in [1.54, 1.807) is 0 Å². The first kappa shape index (κ1) is 14.5. The van der Waals surface area contributed by atoms with Gasteiger partial charge in [0.05, 0.1) is 18.1 Å². The van der Waals surface area contributed by atoms with Gasteiger partial charge in [-0.05, 0) is 31.6 Å². The summed E-state index contributed by atoms with van der Waals surface area (Å²) in [4.78, 5) is 11.9. The topological polar surface area (TPSA) is 46.5 Å². The van der Waals surface area contributed by atoms with Gasteiger partial charge in [-0.2, -0.15) is 0 Å².